The Labute approximate surface area is 150 Å². The molecule has 0 atom stereocenters. The summed E-state index contributed by atoms with van der Waals surface area (Å²) in [7, 11) is 0. The monoisotopic (exact) mass is 353 g/mol. The van der Waals surface area contributed by atoms with Crippen molar-refractivity contribution in [3.05, 3.63) is 69.8 Å². The Morgan fingerprint density at radius 2 is 1.84 bits per heavy atom. The van der Waals surface area contributed by atoms with E-state index in [-0.39, 0.29) is 11.5 Å². The molecule has 25 heavy (non-hydrogen) atoms. The molecular formula is C19H19N3O2S. The molecule has 6 heteroatoms. The van der Waals surface area contributed by atoms with Gasteiger partial charge in [-0.25, -0.2) is 4.68 Å². The number of carbonyl (C=O) groups excluding carboxylic acids is 1. The van der Waals surface area contributed by atoms with E-state index in [0.29, 0.717) is 11.4 Å². The lowest BCUT2D eigenvalue weighted by Gasteiger charge is -2.25. The van der Waals surface area contributed by atoms with Gasteiger partial charge in [-0.1, -0.05) is 23.8 Å². The zero-order valence-corrected chi connectivity index (χ0v) is 15.1. The van der Waals surface area contributed by atoms with Crippen molar-refractivity contribution in [2.24, 2.45) is 0 Å². The van der Waals surface area contributed by atoms with Crippen molar-refractivity contribution in [3.63, 3.8) is 0 Å². The van der Waals surface area contributed by atoms with E-state index in [2.05, 4.69) is 10.4 Å². The first-order valence-corrected chi connectivity index (χ1v) is 8.79. The second-order valence-corrected chi connectivity index (χ2v) is 7.27. The molecule has 1 amide bonds. The highest BCUT2D eigenvalue weighted by Crippen LogP contribution is 2.23. The molecule has 128 valence electrons. The van der Waals surface area contributed by atoms with Gasteiger partial charge >= 0.3 is 0 Å². The smallest absolute Gasteiger partial charge is 0.267 e. The molecule has 0 bridgehead atoms. The van der Waals surface area contributed by atoms with E-state index in [1.54, 1.807) is 19.9 Å². The van der Waals surface area contributed by atoms with Gasteiger partial charge in [0.25, 0.3) is 11.5 Å². The maximum atomic E-state index is 12.8. The van der Waals surface area contributed by atoms with Crippen LogP contribution in [0.1, 0.15) is 19.4 Å². The van der Waals surface area contributed by atoms with E-state index in [9.17, 15) is 9.59 Å². The summed E-state index contributed by atoms with van der Waals surface area (Å²) >= 11 is 1.54. The average Bonchev–Trinajstić information content (AvgIpc) is 3.11. The number of hydrogen-bond donors (Lipinski definition) is 1. The number of carbonyl (C=O) groups is 1. The fraction of sp³-hybridized carbons (Fsp3) is 0.211. The lowest BCUT2D eigenvalue weighted by atomic mass is 10.0. The molecule has 1 N–H and O–H groups in total. The van der Waals surface area contributed by atoms with Gasteiger partial charge in [-0.05, 0) is 50.4 Å². The van der Waals surface area contributed by atoms with Gasteiger partial charge in [-0.15, -0.1) is 11.3 Å². The topological polar surface area (TPSA) is 64.0 Å². The van der Waals surface area contributed by atoms with Crippen LogP contribution in [0.3, 0.4) is 0 Å². The molecule has 0 spiro atoms. The molecule has 0 aliphatic heterocycles. The summed E-state index contributed by atoms with van der Waals surface area (Å²) in [6.45, 7) is 5.35. The Hall–Kier alpha value is -2.73. The van der Waals surface area contributed by atoms with Gasteiger partial charge in [0, 0.05) is 11.8 Å². The Morgan fingerprint density at radius 3 is 2.48 bits per heavy atom. The van der Waals surface area contributed by atoms with Crippen LogP contribution >= 0.6 is 11.3 Å². The van der Waals surface area contributed by atoms with Crippen molar-refractivity contribution in [1.82, 2.24) is 9.78 Å². The summed E-state index contributed by atoms with van der Waals surface area (Å²) in [4.78, 5) is 26.0. The SMILES string of the molecule is Cc1ccc(NC(=O)C(C)(C)n2nc(-c3cccs3)ccc2=O)cc1. The molecule has 0 aliphatic carbocycles. The highest BCUT2D eigenvalue weighted by molar-refractivity contribution is 7.13. The first-order chi connectivity index (χ1) is 11.9. The van der Waals surface area contributed by atoms with Crippen LogP contribution in [-0.2, 0) is 10.3 Å². The molecular weight excluding hydrogens is 334 g/mol. The fourth-order valence-electron chi connectivity index (χ4n) is 2.38. The molecule has 0 aliphatic rings. The normalized spacial score (nSPS) is 11.3. The lowest BCUT2D eigenvalue weighted by Crippen LogP contribution is -2.47. The first-order valence-electron chi connectivity index (χ1n) is 7.91. The van der Waals surface area contributed by atoms with Gasteiger partial charge in [0.2, 0.25) is 0 Å². The van der Waals surface area contributed by atoms with Gasteiger partial charge in [0.05, 0.1) is 4.88 Å². The van der Waals surface area contributed by atoms with Gasteiger partial charge in [0.1, 0.15) is 11.2 Å². The second kappa shape index (κ2) is 6.64. The van der Waals surface area contributed by atoms with Crippen molar-refractivity contribution in [2.75, 3.05) is 5.32 Å². The van der Waals surface area contributed by atoms with Crippen LogP contribution in [0.4, 0.5) is 5.69 Å². The van der Waals surface area contributed by atoms with Crippen molar-refractivity contribution in [3.8, 4) is 10.6 Å². The minimum Gasteiger partial charge on any atom is -0.324 e. The van der Waals surface area contributed by atoms with Gasteiger partial charge < -0.3 is 5.32 Å². The Kier molecular flexibility index (Phi) is 4.55. The Balaban J connectivity index is 1.93. The number of aromatic nitrogens is 2. The predicted molar refractivity (Wildman–Crippen MR) is 101 cm³/mol. The van der Waals surface area contributed by atoms with Crippen LogP contribution in [-0.4, -0.2) is 15.7 Å². The summed E-state index contributed by atoms with van der Waals surface area (Å²) < 4.78 is 1.24. The molecule has 2 heterocycles. The van der Waals surface area contributed by atoms with Crippen molar-refractivity contribution in [2.45, 2.75) is 26.3 Å². The molecule has 0 fully saturated rings. The third-order valence-corrected chi connectivity index (χ3v) is 4.86. The van der Waals surface area contributed by atoms with E-state index >= 15 is 0 Å². The zero-order valence-electron chi connectivity index (χ0n) is 14.3. The van der Waals surface area contributed by atoms with Crippen LogP contribution in [0.25, 0.3) is 10.6 Å². The Bertz CT molecular complexity index is 942. The number of aryl methyl sites for hydroxylation is 1. The van der Waals surface area contributed by atoms with E-state index in [0.717, 1.165) is 10.4 Å². The van der Waals surface area contributed by atoms with Gasteiger partial charge in [0.15, 0.2) is 0 Å². The molecule has 2 aromatic heterocycles. The highest BCUT2D eigenvalue weighted by atomic mass is 32.1. The summed E-state index contributed by atoms with van der Waals surface area (Å²) in [5.41, 5.74) is 1.02. The van der Waals surface area contributed by atoms with E-state index < -0.39 is 5.54 Å². The second-order valence-electron chi connectivity index (χ2n) is 6.33. The molecule has 3 aromatic rings. The minimum absolute atomic E-state index is 0.297. The number of nitrogens with zero attached hydrogens (tertiary/aromatic N) is 2. The third kappa shape index (κ3) is 3.53. The molecule has 0 unspecified atom stereocenters. The van der Waals surface area contributed by atoms with Crippen LogP contribution in [0.5, 0.6) is 0 Å². The van der Waals surface area contributed by atoms with E-state index in [1.165, 1.54) is 22.1 Å². The number of thiophene rings is 1. The summed E-state index contributed by atoms with van der Waals surface area (Å²) in [6.07, 6.45) is 0. The van der Waals surface area contributed by atoms with Crippen LogP contribution < -0.4 is 10.9 Å². The Morgan fingerprint density at radius 1 is 1.12 bits per heavy atom. The third-order valence-electron chi connectivity index (χ3n) is 3.97. The first kappa shape index (κ1) is 17.1. The van der Waals surface area contributed by atoms with E-state index in [4.69, 9.17) is 0 Å². The predicted octanol–water partition coefficient (Wildman–Crippen LogP) is 3.65. The molecule has 0 saturated carbocycles. The molecule has 3 rings (SSSR count). The summed E-state index contributed by atoms with van der Waals surface area (Å²) in [6, 6.07) is 14.5. The number of nitrogens with one attached hydrogen (secondary N) is 1. The van der Waals surface area contributed by atoms with Crippen LogP contribution in [0.15, 0.2) is 58.7 Å². The quantitative estimate of drug-likeness (QED) is 0.778. The fourth-order valence-corrected chi connectivity index (χ4v) is 3.07. The molecule has 5 nitrogen and oxygen atoms in total. The summed E-state index contributed by atoms with van der Waals surface area (Å²) in [5, 5.41) is 9.22. The van der Waals surface area contributed by atoms with Crippen molar-refractivity contribution >= 4 is 22.9 Å². The number of benzene rings is 1. The van der Waals surface area contributed by atoms with Gasteiger partial charge in [-0.2, -0.15) is 5.10 Å². The number of rotatable bonds is 4. The standard InChI is InChI=1S/C19H19N3O2S/c1-13-6-8-14(9-7-13)20-18(24)19(2,3)22-17(23)11-10-15(21-22)16-5-4-12-25-16/h4-12H,1-3H3,(H,20,24). The number of anilines is 1. The van der Waals surface area contributed by atoms with Crippen LogP contribution in [0.2, 0.25) is 0 Å². The number of hydrogen-bond acceptors (Lipinski definition) is 4. The number of amides is 1. The van der Waals surface area contributed by atoms with Crippen molar-refractivity contribution < 1.29 is 4.79 Å². The zero-order chi connectivity index (χ0) is 18.0. The highest BCUT2D eigenvalue weighted by Gasteiger charge is 2.32. The molecule has 0 saturated heterocycles. The van der Waals surface area contributed by atoms with Gasteiger partial charge in [-0.3, -0.25) is 9.59 Å². The van der Waals surface area contributed by atoms with E-state index in [1.807, 2.05) is 48.7 Å². The largest absolute Gasteiger partial charge is 0.324 e. The molecule has 1 aromatic carbocycles. The average molecular weight is 353 g/mol. The van der Waals surface area contributed by atoms with Crippen LogP contribution in [0, 0.1) is 6.92 Å². The minimum atomic E-state index is -1.13. The maximum absolute atomic E-state index is 12.8. The molecule has 0 radical (unpaired) electrons. The summed E-state index contributed by atoms with van der Waals surface area (Å²) in [5.74, 6) is -0.297. The maximum Gasteiger partial charge on any atom is 0.267 e. The van der Waals surface area contributed by atoms with Crippen molar-refractivity contribution in [1.29, 1.82) is 0 Å². The lowest BCUT2D eigenvalue weighted by molar-refractivity contribution is -0.123.